The van der Waals surface area contributed by atoms with Crippen molar-refractivity contribution in [3.05, 3.63) is 35.9 Å². The molecular weight excluding hydrogens is 228 g/mol. The Morgan fingerprint density at radius 2 is 2.00 bits per heavy atom. The fourth-order valence-corrected chi connectivity index (χ4v) is 1.56. The summed E-state index contributed by atoms with van der Waals surface area (Å²) >= 11 is 0. The topological polar surface area (TPSA) is 50.4 Å². The van der Waals surface area contributed by atoms with Crippen LogP contribution in [-0.2, 0) is 16.1 Å². The van der Waals surface area contributed by atoms with Crippen molar-refractivity contribution in [3.8, 4) is 0 Å². The minimum Gasteiger partial charge on any atom is -0.385 e. The van der Waals surface area contributed by atoms with E-state index in [2.05, 4.69) is 22.8 Å². The molecule has 0 atom stereocenters. The second kappa shape index (κ2) is 9.62. The van der Waals surface area contributed by atoms with Gasteiger partial charge in [-0.05, 0) is 12.0 Å². The van der Waals surface area contributed by atoms with E-state index in [0.29, 0.717) is 26.1 Å². The number of carbonyl (C=O) groups excluding carboxylic acids is 1. The molecule has 0 fully saturated rings. The molecule has 0 aromatic heterocycles. The third-order valence-electron chi connectivity index (χ3n) is 2.55. The highest BCUT2D eigenvalue weighted by Gasteiger charge is 1.99. The normalized spacial score (nSPS) is 10.3. The summed E-state index contributed by atoms with van der Waals surface area (Å²) in [6.45, 7) is 2.88. The largest absolute Gasteiger partial charge is 0.385 e. The number of carbonyl (C=O) groups is 1. The van der Waals surface area contributed by atoms with Crippen molar-refractivity contribution in [1.82, 2.24) is 10.6 Å². The number of amides is 1. The Morgan fingerprint density at radius 3 is 2.72 bits per heavy atom. The molecule has 0 bridgehead atoms. The molecule has 1 aromatic carbocycles. The van der Waals surface area contributed by atoms with Gasteiger partial charge >= 0.3 is 0 Å². The Kier molecular flexibility index (Phi) is 7.84. The average molecular weight is 250 g/mol. The van der Waals surface area contributed by atoms with Crippen molar-refractivity contribution >= 4 is 5.91 Å². The van der Waals surface area contributed by atoms with E-state index in [4.69, 9.17) is 4.74 Å². The molecule has 0 aliphatic rings. The maximum absolute atomic E-state index is 11.4. The van der Waals surface area contributed by atoms with E-state index < -0.39 is 0 Å². The highest BCUT2D eigenvalue weighted by molar-refractivity contribution is 5.75. The zero-order valence-electron chi connectivity index (χ0n) is 10.9. The molecule has 0 spiro atoms. The molecule has 0 aliphatic carbocycles. The summed E-state index contributed by atoms with van der Waals surface area (Å²) in [4.78, 5) is 11.4. The molecule has 100 valence electrons. The van der Waals surface area contributed by atoms with Gasteiger partial charge in [-0.2, -0.15) is 0 Å². The second-order valence-electron chi connectivity index (χ2n) is 4.11. The van der Waals surface area contributed by atoms with Crippen molar-refractivity contribution in [2.45, 2.75) is 19.4 Å². The SMILES string of the molecule is COCCCNC(=O)CCNCc1ccccc1. The molecule has 0 heterocycles. The Morgan fingerprint density at radius 1 is 1.22 bits per heavy atom. The summed E-state index contributed by atoms with van der Waals surface area (Å²) < 4.78 is 4.91. The van der Waals surface area contributed by atoms with Gasteiger partial charge in [-0.25, -0.2) is 0 Å². The predicted molar refractivity (Wildman–Crippen MR) is 72.3 cm³/mol. The standard InChI is InChI=1S/C14H22N2O2/c1-18-11-5-9-16-14(17)8-10-15-12-13-6-3-2-4-7-13/h2-4,6-7,15H,5,8-12H2,1H3,(H,16,17). The molecular formula is C14H22N2O2. The van der Waals surface area contributed by atoms with Crippen LogP contribution in [0, 0.1) is 0 Å². The Labute approximate surface area is 109 Å². The fraction of sp³-hybridized carbons (Fsp3) is 0.500. The summed E-state index contributed by atoms with van der Waals surface area (Å²) in [7, 11) is 1.66. The van der Waals surface area contributed by atoms with Crippen LogP contribution < -0.4 is 10.6 Å². The lowest BCUT2D eigenvalue weighted by atomic mass is 10.2. The van der Waals surface area contributed by atoms with Gasteiger partial charge in [0.2, 0.25) is 5.91 Å². The highest BCUT2D eigenvalue weighted by Crippen LogP contribution is 1.96. The van der Waals surface area contributed by atoms with Crippen molar-refractivity contribution in [2.75, 3.05) is 26.8 Å². The van der Waals surface area contributed by atoms with Crippen LogP contribution in [0.1, 0.15) is 18.4 Å². The zero-order chi connectivity index (χ0) is 13.1. The summed E-state index contributed by atoms with van der Waals surface area (Å²) in [5, 5.41) is 6.11. The van der Waals surface area contributed by atoms with Crippen LogP contribution in [0.4, 0.5) is 0 Å². The molecule has 4 heteroatoms. The number of nitrogens with one attached hydrogen (secondary N) is 2. The van der Waals surface area contributed by atoms with E-state index in [9.17, 15) is 4.79 Å². The van der Waals surface area contributed by atoms with Gasteiger partial charge in [0.1, 0.15) is 0 Å². The maximum Gasteiger partial charge on any atom is 0.221 e. The molecule has 1 aromatic rings. The average Bonchev–Trinajstić information content (AvgIpc) is 2.41. The third kappa shape index (κ3) is 7.04. The Balaban J connectivity index is 1.99. The first-order chi connectivity index (χ1) is 8.83. The molecule has 2 N–H and O–H groups in total. The van der Waals surface area contributed by atoms with Crippen LogP contribution in [-0.4, -0.2) is 32.7 Å². The van der Waals surface area contributed by atoms with Gasteiger partial charge in [-0.15, -0.1) is 0 Å². The van der Waals surface area contributed by atoms with Gasteiger partial charge in [-0.1, -0.05) is 30.3 Å². The van der Waals surface area contributed by atoms with Gasteiger partial charge in [-0.3, -0.25) is 4.79 Å². The molecule has 1 rings (SSSR count). The summed E-state index contributed by atoms with van der Waals surface area (Å²) in [6, 6.07) is 10.2. The van der Waals surface area contributed by atoms with Crippen LogP contribution in [0.2, 0.25) is 0 Å². The highest BCUT2D eigenvalue weighted by atomic mass is 16.5. The van der Waals surface area contributed by atoms with Gasteiger partial charge in [0.25, 0.3) is 0 Å². The first-order valence-electron chi connectivity index (χ1n) is 6.33. The smallest absolute Gasteiger partial charge is 0.221 e. The molecule has 0 saturated carbocycles. The van der Waals surface area contributed by atoms with Crippen molar-refractivity contribution < 1.29 is 9.53 Å². The van der Waals surface area contributed by atoms with E-state index in [1.165, 1.54) is 5.56 Å². The molecule has 0 saturated heterocycles. The molecule has 0 unspecified atom stereocenters. The summed E-state index contributed by atoms with van der Waals surface area (Å²) in [5.74, 6) is 0.0895. The number of hydrogen-bond donors (Lipinski definition) is 2. The van der Waals surface area contributed by atoms with Crippen LogP contribution in [0.25, 0.3) is 0 Å². The molecule has 0 radical (unpaired) electrons. The van der Waals surface area contributed by atoms with Crippen LogP contribution in [0.3, 0.4) is 0 Å². The van der Waals surface area contributed by atoms with Crippen molar-refractivity contribution in [3.63, 3.8) is 0 Å². The van der Waals surface area contributed by atoms with E-state index >= 15 is 0 Å². The lowest BCUT2D eigenvalue weighted by molar-refractivity contribution is -0.121. The number of hydrogen-bond acceptors (Lipinski definition) is 3. The van der Waals surface area contributed by atoms with Crippen molar-refractivity contribution in [1.29, 1.82) is 0 Å². The van der Waals surface area contributed by atoms with Gasteiger partial charge < -0.3 is 15.4 Å². The molecule has 0 aliphatic heterocycles. The zero-order valence-corrected chi connectivity index (χ0v) is 10.9. The van der Waals surface area contributed by atoms with Gasteiger partial charge in [0, 0.05) is 39.8 Å². The number of ether oxygens (including phenoxy) is 1. The Hall–Kier alpha value is -1.39. The quantitative estimate of drug-likeness (QED) is 0.650. The second-order valence-corrected chi connectivity index (χ2v) is 4.11. The van der Waals surface area contributed by atoms with Crippen molar-refractivity contribution in [2.24, 2.45) is 0 Å². The molecule has 18 heavy (non-hydrogen) atoms. The van der Waals surface area contributed by atoms with E-state index in [-0.39, 0.29) is 5.91 Å². The predicted octanol–water partition coefficient (Wildman–Crippen LogP) is 1.32. The molecule has 1 amide bonds. The van der Waals surface area contributed by atoms with E-state index in [1.807, 2.05) is 18.2 Å². The van der Waals surface area contributed by atoms with Crippen LogP contribution in [0.5, 0.6) is 0 Å². The first kappa shape index (κ1) is 14.7. The van der Waals surface area contributed by atoms with Crippen LogP contribution in [0.15, 0.2) is 30.3 Å². The summed E-state index contributed by atoms with van der Waals surface area (Å²) in [5.41, 5.74) is 1.23. The van der Waals surface area contributed by atoms with E-state index in [0.717, 1.165) is 13.0 Å². The minimum atomic E-state index is 0.0895. The Bertz CT molecular complexity index is 328. The maximum atomic E-state index is 11.4. The van der Waals surface area contributed by atoms with Crippen LogP contribution >= 0.6 is 0 Å². The lowest BCUT2D eigenvalue weighted by Gasteiger charge is -2.06. The minimum absolute atomic E-state index is 0.0895. The number of benzene rings is 1. The lowest BCUT2D eigenvalue weighted by Crippen LogP contribution is -2.28. The number of rotatable bonds is 9. The molecule has 4 nitrogen and oxygen atoms in total. The summed E-state index contributed by atoms with van der Waals surface area (Å²) in [6.07, 6.45) is 1.37. The fourth-order valence-electron chi connectivity index (χ4n) is 1.56. The monoisotopic (exact) mass is 250 g/mol. The van der Waals surface area contributed by atoms with Gasteiger partial charge in [0.15, 0.2) is 0 Å². The van der Waals surface area contributed by atoms with E-state index in [1.54, 1.807) is 7.11 Å². The number of methoxy groups -OCH3 is 1. The first-order valence-corrected chi connectivity index (χ1v) is 6.33. The van der Waals surface area contributed by atoms with Gasteiger partial charge in [0.05, 0.1) is 0 Å². The third-order valence-corrected chi connectivity index (χ3v) is 2.55.